The van der Waals surface area contributed by atoms with E-state index in [2.05, 4.69) is 5.32 Å². The highest BCUT2D eigenvalue weighted by Crippen LogP contribution is 2.42. The van der Waals surface area contributed by atoms with E-state index in [4.69, 9.17) is 4.74 Å². The third-order valence-electron chi connectivity index (χ3n) is 2.74. The molecule has 1 N–H and O–H groups in total. The molecule has 0 saturated carbocycles. The van der Waals surface area contributed by atoms with Gasteiger partial charge < -0.3 is 10.1 Å². The molecule has 2 rings (SSSR count). The van der Waals surface area contributed by atoms with Crippen LogP contribution in [0.1, 0.15) is 11.6 Å². The summed E-state index contributed by atoms with van der Waals surface area (Å²) in [7, 11) is 1.47. The number of halogens is 3. The summed E-state index contributed by atoms with van der Waals surface area (Å²) >= 11 is 0. The monoisotopic (exact) mass is 245 g/mol. The second-order valence-corrected chi connectivity index (χ2v) is 3.78. The van der Waals surface area contributed by atoms with E-state index < -0.39 is 24.0 Å². The number of carbonyl (C=O) groups excluding carboxylic acids is 1. The molecule has 1 aliphatic rings. The first-order chi connectivity index (χ1) is 7.93. The van der Waals surface area contributed by atoms with Crippen LogP contribution in [-0.4, -0.2) is 19.2 Å². The van der Waals surface area contributed by atoms with E-state index in [1.807, 2.05) is 0 Å². The number of amides is 1. The number of nitrogens with one attached hydrogen (secondary N) is 1. The number of ether oxygens (including phenoxy) is 1. The predicted molar refractivity (Wildman–Crippen MR) is 53.4 cm³/mol. The van der Waals surface area contributed by atoms with Gasteiger partial charge in [0.2, 0.25) is 5.91 Å². The summed E-state index contributed by atoms with van der Waals surface area (Å²) in [6.07, 6.45) is -4.51. The number of carbonyl (C=O) groups is 1. The molecular weight excluding hydrogens is 235 g/mol. The van der Waals surface area contributed by atoms with Gasteiger partial charge in [-0.3, -0.25) is 4.79 Å². The Morgan fingerprint density at radius 3 is 2.24 bits per heavy atom. The second kappa shape index (κ2) is 3.94. The molecule has 1 aliphatic heterocycles. The third kappa shape index (κ3) is 2.07. The number of rotatable bonds is 2. The van der Waals surface area contributed by atoms with Crippen LogP contribution in [0.15, 0.2) is 24.3 Å². The molecule has 1 amide bonds. The zero-order valence-electron chi connectivity index (χ0n) is 8.91. The summed E-state index contributed by atoms with van der Waals surface area (Å²) in [5, 5.41) is 2.25. The first kappa shape index (κ1) is 11.8. The molecule has 0 radical (unpaired) electrons. The molecule has 1 heterocycles. The first-order valence-corrected chi connectivity index (χ1v) is 4.94. The first-order valence-electron chi connectivity index (χ1n) is 4.94. The summed E-state index contributed by atoms with van der Waals surface area (Å²) in [6.45, 7) is 0. The minimum absolute atomic E-state index is 0.424. The molecule has 3 nitrogen and oxygen atoms in total. The van der Waals surface area contributed by atoms with E-state index in [0.717, 1.165) is 0 Å². The van der Waals surface area contributed by atoms with Crippen LogP contribution in [0.4, 0.5) is 13.2 Å². The van der Waals surface area contributed by atoms with Crippen LogP contribution in [0, 0.1) is 5.92 Å². The van der Waals surface area contributed by atoms with E-state index in [1.165, 1.54) is 19.2 Å². The average Bonchev–Trinajstić information content (AvgIpc) is 2.23. The molecule has 1 aromatic rings. The number of β-lactam (4-membered cyclic amide) rings is 1. The standard InChI is InChI=1S/C11H10F3NO2/c1-17-7-4-2-6(3-5-7)9-8(10(16)15-9)11(12,13)14/h2-5,8-9H,1H3,(H,15,16). The fraction of sp³-hybridized carbons (Fsp3) is 0.364. The van der Waals surface area contributed by atoms with Crippen LogP contribution in [0.25, 0.3) is 0 Å². The Labute approximate surface area is 95.6 Å². The summed E-state index contributed by atoms with van der Waals surface area (Å²) in [6, 6.07) is 5.16. The fourth-order valence-corrected chi connectivity index (χ4v) is 1.81. The van der Waals surface area contributed by atoms with Crippen molar-refractivity contribution in [3.05, 3.63) is 29.8 Å². The Morgan fingerprint density at radius 2 is 1.82 bits per heavy atom. The maximum atomic E-state index is 12.5. The lowest BCUT2D eigenvalue weighted by Crippen LogP contribution is -2.57. The normalized spacial score (nSPS) is 23.9. The summed E-state index contributed by atoms with van der Waals surface area (Å²) < 4.78 is 42.5. The van der Waals surface area contributed by atoms with E-state index in [1.54, 1.807) is 12.1 Å². The summed E-state index contributed by atoms with van der Waals surface area (Å²) in [5.41, 5.74) is 0.424. The summed E-state index contributed by atoms with van der Waals surface area (Å²) in [4.78, 5) is 10.9. The van der Waals surface area contributed by atoms with Crippen molar-refractivity contribution < 1.29 is 22.7 Å². The van der Waals surface area contributed by atoms with Crippen molar-refractivity contribution in [1.82, 2.24) is 5.32 Å². The van der Waals surface area contributed by atoms with Crippen molar-refractivity contribution in [3.63, 3.8) is 0 Å². The molecule has 2 unspecified atom stereocenters. The van der Waals surface area contributed by atoms with E-state index in [9.17, 15) is 18.0 Å². The molecule has 0 aromatic heterocycles. The van der Waals surface area contributed by atoms with Gasteiger partial charge in [0.15, 0.2) is 5.92 Å². The average molecular weight is 245 g/mol. The van der Waals surface area contributed by atoms with Crippen molar-refractivity contribution in [1.29, 1.82) is 0 Å². The van der Waals surface area contributed by atoms with Crippen molar-refractivity contribution in [3.8, 4) is 5.75 Å². The molecule has 1 aromatic carbocycles. The molecule has 6 heteroatoms. The van der Waals surface area contributed by atoms with Crippen LogP contribution < -0.4 is 10.1 Å². The van der Waals surface area contributed by atoms with Gasteiger partial charge in [-0.05, 0) is 17.7 Å². The fourth-order valence-electron chi connectivity index (χ4n) is 1.81. The Bertz CT molecular complexity index is 427. The topological polar surface area (TPSA) is 38.3 Å². The van der Waals surface area contributed by atoms with Crippen molar-refractivity contribution in [2.75, 3.05) is 7.11 Å². The summed E-state index contributed by atoms with van der Waals surface area (Å²) in [5.74, 6) is -2.36. The second-order valence-electron chi connectivity index (χ2n) is 3.78. The lowest BCUT2D eigenvalue weighted by Gasteiger charge is -2.38. The van der Waals surface area contributed by atoms with Crippen molar-refractivity contribution in [2.24, 2.45) is 5.92 Å². The van der Waals surface area contributed by atoms with Gasteiger partial charge in [-0.15, -0.1) is 0 Å². The highest BCUT2D eigenvalue weighted by molar-refractivity contribution is 5.87. The highest BCUT2D eigenvalue weighted by Gasteiger charge is 2.56. The van der Waals surface area contributed by atoms with Gasteiger partial charge in [0.1, 0.15) is 5.75 Å². The van der Waals surface area contributed by atoms with E-state index in [-0.39, 0.29) is 0 Å². The molecule has 1 fully saturated rings. The molecule has 0 bridgehead atoms. The Balaban J connectivity index is 2.20. The van der Waals surface area contributed by atoms with Crippen LogP contribution >= 0.6 is 0 Å². The highest BCUT2D eigenvalue weighted by atomic mass is 19.4. The molecule has 0 spiro atoms. The van der Waals surface area contributed by atoms with Crippen LogP contribution in [0.3, 0.4) is 0 Å². The zero-order valence-corrected chi connectivity index (χ0v) is 8.91. The van der Waals surface area contributed by atoms with Gasteiger partial charge in [-0.1, -0.05) is 12.1 Å². The minimum atomic E-state index is -4.51. The van der Waals surface area contributed by atoms with Crippen LogP contribution in [0.2, 0.25) is 0 Å². The van der Waals surface area contributed by atoms with Crippen molar-refractivity contribution >= 4 is 5.91 Å². The molecule has 17 heavy (non-hydrogen) atoms. The van der Waals surface area contributed by atoms with Gasteiger partial charge in [0, 0.05) is 0 Å². The Morgan fingerprint density at radius 1 is 1.24 bits per heavy atom. The van der Waals surface area contributed by atoms with Gasteiger partial charge >= 0.3 is 6.18 Å². The predicted octanol–water partition coefficient (Wildman–Crippen LogP) is 2.04. The molecule has 0 aliphatic carbocycles. The van der Waals surface area contributed by atoms with Crippen LogP contribution in [-0.2, 0) is 4.79 Å². The Hall–Kier alpha value is -1.72. The zero-order chi connectivity index (χ0) is 12.6. The number of hydrogen-bond acceptors (Lipinski definition) is 2. The SMILES string of the molecule is COc1ccc(C2NC(=O)C2C(F)(F)F)cc1. The van der Waals surface area contributed by atoms with Crippen molar-refractivity contribution in [2.45, 2.75) is 12.2 Å². The smallest absolute Gasteiger partial charge is 0.402 e. The largest absolute Gasteiger partial charge is 0.497 e. The lowest BCUT2D eigenvalue weighted by molar-refractivity contribution is -0.205. The number of benzene rings is 1. The molecule has 1 saturated heterocycles. The molecule has 92 valence electrons. The number of hydrogen-bond donors (Lipinski definition) is 1. The van der Waals surface area contributed by atoms with E-state index in [0.29, 0.717) is 11.3 Å². The van der Waals surface area contributed by atoms with Crippen LogP contribution in [0.5, 0.6) is 5.75 Å². The third-order valence-corrected chi connectivity index (χ3v) is 2.74. The number of alkyl halides is 3. The van der Waals surface area contributed by atoms with E-state index >= 15 is 0 Å². The molecule has 2 atom stereocenters. The van der Waals surface area contributed by atoms with Gasteiger partial charge in [0.05, 0.1) is 13.2 Å². The Kier molecular flexibility index (Phi) is 2.73. The molecular formula is C11H10F3NO2. The van der Waals surface area contributed by atoms with Gasteiger partial charge in [-0.2, -0.15) is 13.2 Å². The minimum Gasteiger partial charge on any atom is -0.497 e. The van der Waals surface area contributed by atoms with Gasteiger partial charge in [0.25, 0.3) is 0 Å². The number of methoxy groups -OCH3 is 1. The lowest BCUT2D eigenvalue weighted by atomic mass is 9.84. The maximum absolute atomic E-state index is 12.5. The quantitative estimate of drug-likeness (QED) is 0.810. The van der Waals surface area contributed by atoms with Gasteiger partial charge in [-0.25, -0.2) is 0 Å². The maximum Gasteiger partial charge on any atom is 0.402 e.